The molecule has 9 heteroatoms. The molecule has 0 aliphatic heterocycles. The van der Waals surface area contributed by atoms with Crippen molar-refractivity contribution in [1.82, 2.24) is 19.7 Å². The van der Waals surface area contributed by atoms with Gasteiger partial charge in [-0.2, -0.15) is 0 Å². The van der Waals surface area contributed by atoms with Crippen LogP contribution >= 0.6 is 23.1 Å². The molecular weight excluding hydrogens is 349 g/mol. The Morgan fingerprint density at radius 2 is 2.08 bits per heavy atom. The topological polar surface area (TPSA) is 72.7 Å². The summed E-state index contributed by atoms with van der Waals surface area (Å²) in [4.78, 5) is 16.8. The fourth-order valence-corrected chi connectivity index (χ4v) is 3.31. The van der Waals surface area contributed by atoms with Gasteiger partial charge in [0.25, 0.3) is 5.91 Å². The van der Waals surface area contributed by atoms with E-state index in [1.807, 2.05) is 13.2 Å². The summed E-state index contributed by atoms with van der Waals surface area (Å²) in [6.07, 6.45) is 4.12. The van der Waals surface area contributed by atoms with E-state index in [0.717, 1.165) is 11.4 Å². The summed E-state index contributed by atoms with van der Waals surface area (Å²) < 4.78 is 14.9. The fraction of sp³-hybridized carbons (Fsp3) is 0.200. The van der Waals surface area contributed by atoms with Crippen molar-refractivity contribution >= 4 is 34.1 Å². The van der Waals surface area contributed by atoms with Crippen molar-refractivity contribution in [3.05, 3.63) is 47.0 Å². The van der Waals surface area contributed by atoms with Crippen LogP contribution in [-0.2, 0) is 6.42 Å². The summed E-state index contributed by atoms with van der Waals surface area (Å²) in [5.41, 5.74) is 1.01. The average molecular weight is 363 g/mol. The first-order valence-corrected chi connectivity index (χ1v) is 9.18. The lowest BCUT2D eigenvalue weighted by Crippen LogP contribution is -2.16. The van der Waals surface area contributed by atoms with Crippen LogP contribution < -0.4 is 5.32 Å². The molecule has 2 heterocycles. The number of rotatable bonds is 5. The molecule has 3 aromatic rings. The maximum atomic E-state index is 13.2. The van der Waals surface area contributed by atoms with E-state index in [0.29, 0.717) is 21.7 Å². The van der Waals surface area contributed by atoms with Crippen molar-refractivity contribution in [1.29, 1.82) is 0 Å². The second kappa shape index (κ2) is 7.10. The third-order valence-electron chi connectivity index (χ3n) is 3.22. The number of carbonyl (C=O) groups excluding carboxylic acids is 1. The molecule has 0 aliphatic carbocycles. The predicted molar refractivity (Wildman–Crippen MR) is 92.5 cm³/mol. The lowest BCUT2D eigenvalue weighted by atomic mass is 10.3. The summed E-state index contributed by atoms with van der Waals surface area (Å²) >= 11 is 2.73. The van der Waals surface area contributed by atoms with E-state index < -0.39 is 0 Å². The van der Waals surface area contributed by atoms with Gasteiger partial charge < -0.3 is 0 Å². The van der Waals surface area contributed by atoms with Crippen molar-refractivity contribution in [3.63, 3.8) is 0 Å². The maximum Gasteiger partial charge on any atom is 0.276 e. The molecule has 24 heavy (non-hydrogen) atoms. The molecule has 0 radical (unpaired) electrons. The van der Waals surface area contributed by atoms with Gasteiger partial charge in [0, 0.05) is 5.69 Å². The van der Waals surface area contributed by atoms with Crippen LogP contribution in [0.25, 0.3) is 5.69 Å². The third kappa shape index (κ3) is 3.31. The molecule has 1 N–H and O–H groups in total. The molecule has 0 fully saturated rings. The minimum absolute atomic E-state index is 0.337. The molecule has 0 saturated heterocycles. The van der Waals surface area contributed by atoms with E-state index in [1.165, 1.54) is 41.4 Å². The highest BCUT2D eigenvalue weighted by Crippen LogP contribution is 2.23. The molecule has 0 aliphatic rings. The van der Waals surface area contributed by atoms with E-state index in [9.17, 15) is 9.18 Å². The first kappa shape index (κ1) is 16.6. The van der Waals surface area contributed by atoms with Gasteiger partial charge in [-0.3, -0.25) is 14.7 Å². The standard InChI is InChI=1S/C15H14FN5OS2/c1-3-12-19-20-14(24-12)18-13(22)11-8-17-15(23-2)21(11)10-6-4-9(16)5-7-10/h4-8H,3H2,1-2H3,(H,18,20,22). The van der Waals surface area contributed by atoms with Gasteiger partial charge in [0.15, 0.2) is 5.16 Å². The second-order valence-electron chi connectivity index (χ2n) is 4.75. The number of aromatic nitrogens is 4. The highest BCUT2D eigenvalue weighted by molar-refractivity contribution is 7.98. The Morgan fingerprint density at radius 1 is 1.33 bits per heavy atom. The first-order valence-electron chi connectivity index (χ1n) is 7.13. The summed E-state index contributed by atoms with van der Waals surface area (Å²) in [7, 11) is 0. The molecule has 124 valence electrons. The fourth-order valence-electron chi connectivity index (χ4n) is 2.09. The first-order chi connectivity index (χ1) is 11.6. The zero-order valence-electron chi connectivity index (χ0n) is 13.0. The molecule has 1 aromatic carbocycles. The Labute approximate surface area is 146 Å². The largest absolute Gasteiger partial charge is 0.295 e. The van der Waals surface area contributed by atoms with E-state index in [4.69, 9.17) is 0 Å². The lowest BCUT2D eigenvalue weighted by Gasteiger charge is -2.10. The SMILES string of the molecule is CCc1nnc(NC(=O)c2cnc(SC)n2-c2ccc(F)cc2)s1. The van der Waals surface area contributed by atoms with Crippen LogP contribution in [0.3, 0.4) is 0 Å². The molecule has 0 unspecified atom stereocenters. The van der Waals surface area contributed by atoms with Crippen LogP contribution in [0.4, 0.5) is 9.52 Å². The summed E-state index contributed by atoms with van der Waals surface area (Å²) in [5.74, 6) is -0.678. The Balaban J connectivity index is 1.94. The van der Waals surface area contributed by atoms with Crippen LogP contribution in [0, 0.1) is 5.82 Å². The third-order valence-corrected chi connectivity index (χ3v) is 4.86. The number of nitrogens with zero attached hydrogens (tertiary/aromatic N) is 4. The average Bonchev–Trinajstić information content (AvgIpc) is 3.21. The molecule has 3 rings (SSSR count). The monoisotopic (exact) mass is 363 g/mol. The van der Waals surface area contributed by atoms with E-state index in [2.05, 4.69) is 20.5 Å². The molecule has 0 bridgehead atoms. The Kier molecular flexibility index (Phi) is 4.91. The molecule has 0 spiro atoms. The number of amides is 1. The number of carbonyl (C=O) groups is 1. The summed E-state index contributed by atoms with van der Waals surface area (Å²) in [6, 6.07) is 5.90. The van der Waals surface area contributed by atoms with Crippen LogP contribution in [0.15, 0.2) is 35.6 Å². The zero-order valence-corrected chi connectivity index (χ0v) is 14.6. The number of hydrogen-bond donors (Lipinski definition) is 1. The number of thioether (sulfide) groups is 1. The van der Waals surface area contributed by atoms with Crippen LogP contribution in [-0.4, -0.2) is 31.9 Å². The van der Waals surface area contributed by atoms with Crippen molar-refractivity contribution in [2.45, 2.75) is 18.5 Å². The Morgan fingerprint density at radius 3 is 2.71 bits per heavy atom. The molecule has 6 nitrogen and oxygen atoms in total. The van der Waals surface area contributed by atoms with Gasteiger partial charge in [0.05, 0.1) is 6.20 Å². The number of imidazole rings is 1. The number of aryl methyl sites for hydroxylation is 1. The zero-order chi connectivity index (χ0) is 17.1. The Hall–Kier alpha value is -2.26. The number of anilines is 1. The number of benzene rings is 1. The van der Waals surface area contributed by atoms with Gasteiger partial charge in [-0.15, -0.1) is 10.2 Å². The van der Waals surface area contributed by atoms with Crippen molar-refractivity contribution in [3.8, 4) is 5.69 Å². The van der Waals surface area contributed by atoms with E-state index in [-0.39, 0.29) is 11.7 Å². The lowest BCUT2D eigenvalue weighted by molar-refractivity contribution is 0.102. The van der Waals surface area contributed by atoms with Gasteiger partial charge >= 0.3 is 0 Å². The minimum atomic E-state index is -0.342. The molecule has 0 atom stereocenters. The van der Waals surface area contributed by atoms with E-state index >= 15 is 0 Å². The summed E-state index contributed by atoms with van der Waals surface area (Å²) in [5, 5.41) is 12.6. The quantitative estimate of drug-likeness (QED) is 0.704. The highest BCUT2D eigenvalue weighted by atomic mass is 32.2. The maximum absolute atomic E-state index is 13.2. The summed E-state index contributed by atoms with van der Waals surface area (Å²) in [6.45, 7) is 1.97. The molecule has 0 saturated carbocycles. The number of nitrogens with one attached hydrogen (secondary N) is 1. The van der Waals surface area contributed by atoms with Gasteiger partial charge in [0.1, 0.15) is 16.5 Å². The van der Waals surface area contributed by atoms with Crippen molar-refractivity contribution in [2.24, 2.45) is 0 Å². The van der Waals surface area contributed by atoms with Crippen LogP contribution in [0.5, 0.6) is 0 Å². The molecular formula is C15H14FN5OS2. The van der Waals surface area contributed by atoms with Gasteiger partial charge in [-0.25, -0.2) is 9.37 Å². The van der Waals surface area contributed by atoms with Gasteiger partial charge in [0.2, 0.25) is 5.13 Å². The van der Waals surface area contributed by atoms with Gasteiger partial charge in [-0.1, -0.05) is 30.0 Å². The molecule has 2 aromatic heterocycles. The normalized spacial score (nSPS) is 10.8. The van der Waals surface area contributed by atoms with E-state index in [1.54, 1.807) is 16.7 Å². The smallest absolute Gasteiger partial charge is 0.276 e. The number of halogens is 1. The second-order valence-corrected chi connectivity index (χ2v) is 6.59. The predicted octanol–water partition coefficient (Wildman–Crippen LogP) is 3.40. The van der Waals surface area contributed by atoms with Gasteiger partial charge in [-0.05, 0) is 36.9 Å². The Bertz CT molecular complexity index is 859. The number of hydrogen-bond acceptors (Lipinski definition) is 6. The van der Waals surface area contributed by atoms with Crippen LogP contribution in [0.2, 0.25) is 0 Å². The van der Waals surface area contributed by atoms with Crippen LogP contribution in [0.1, 0.15) is 22.4 Å². The minimum Gasteiger partial charge on any atom is -0.295 e. The highest BCUT2D eigenvalue weighted by Gasteiger charge is 2.19. The van der Waals surface area contributed by atoms with Crippen molar-refractivity contribution in [2.75, 3.05) is 11.6 Å². The molecule has 1 amide bonds. The van der Waals surface area contributed by atoms with Crippen molar-refractivity contribution < 1.29 is 9.18 Å².